The second-order valence-electron chi connectivity index (χ2n) is 6.84. The highest BCUT2D eigenvalue weighted by Gasteiger charge is 2.58. The number of β-lactam (4-membered cyclic amide) rings is 1. The second kappa shape index (κ2) is 6.11. The number of esters is 1. The maximum absolute atomic E-state index is 12.9. The van der Waals surface area contributed by atoms with E-state index in [0.29, 0.717) is 19.6 Å². The van der Waals surface area contributed by atoms with Crippen molar-refractivity contribution in [3.63, 3.8) is 0 Å². The Morgan fingerprint density at radius 2 is 1.96 bits per heavy atom. The van der Waals surface area contributed by atoms with Crippen LogP contribution in [0.3, 0.4) is 0 Å². The van der Waals surface area contributed by atoms with Gasteiger partial charge in [0.1, 0.15) is 17.7 Å². The van der Waals surface area contributed by atoms with E-state index in [1.165, 1.54) is 6.92 Å². The Hall–Kier alpha value is -1.63. The SMILES string of the molecule is CC(=O)O[C@H](C)[C@H](C(=O)N1CCCC1)N1CC2(CCCN2)C1=O. The van der Waals surface area contributed by atoms with E-state index in [1.807, 2.05) is 0 Å². The van der Waals surface area contributed by atoms with Crippen molar-refractivity contribution in [2.75, 3.05) is 26.2 Å². The monoisotopic (exact) mass is 323 g/mol. The number of nitrogens with zero attached hydrogens (tertiary/aromatic N) is 2. The van der Waals surface area contributed by atoms with Crippen LogP contribution in [0.25, 0.3) is 0 Å². The van der Waals surface area contributed by atoms with Crippen LogP contribution >= 0.6 is 0 Å². The van der Waals surface area contributed by atoms with Crippen molar-refractivity contribution < 1.29 is 19.1 Å². The number of likely N-dealkylation sites (tertiary alicyclic amines) is 2. The van der Waals surface area contributed by atoms with Gasteiger partial charge in [-0.25, -0.2) is 0 Å². The number of hydrogen-bond acceptors (Lipinski definition) is 5. The predicted octanol–water partition coefficient (Wildman–Crippen LogP) is -0.107. The highest BCUT2D eigenvalue weighted by atomic mass is 16.5. The number of hydrogen-bond donors (Lipinski definition) is 1. The molecule has 0 aromatic heterocycles. The Labute approximate surface area is 136 Å². The first kappa shape index (κ1) is 16.2. The van der Waals surface area contributed by atoms with Crippen LogP contribution in [0.4, 0.5) is 0 Å². The molecule has 1 spiro atoms. The summed E-state index contributed by atoms with van der Waals surface area (Å²) in [7, 11) is 0. The van der Waals surface area contributed by atoms with E-state index in [-0.39, 0.29) is 11.8 Å². The standard InChI is InChI=1S/C16H25N3O4/c1-11(23-12(2)20)13(14(21)18-8-3-4-9-18)19-10-16(15(19)22)6-5-7-17-16/h11,13,17H,3-10H2,1-2H3/t11-,13-,16?/m1/s1. The van der Waals surface area contributed by atoms with Crippen molar-refractivity contribution in [1.82, 2.24) is 15.1 Å². The summed E-state index contributed by atoms with van der Waals surface area (Å²) in [6.45, 7) is 5.80. The molecule has 128 valence electrons. The molecule has 3 aliphatic heterocycles. The number of rotatable bonds is 4. The quantitative estimate of drug-likeness (QED) is 0.577. The van der Waals surface area contributed by atoms with E-state index >= 15 is 0 Å². The van der Waals surface area contributed by atoms with E-state index in [0.717, 1.165) is 32.2 Å². The van der Waals surface area contributed by atoms with Gasteiger partial charge in [0.05, 0.1) is 0 Å². The van der Waals surface area contributed by atoms with Crippen molar-refractivity contribution >= 4 is 17.8 Å². The first-order chi connectivity index (χ1) is 10.9. The number of nitrogens with one attached hydrogen (secondary N) is 1. The minimum absolute atomic E-state index is 0.0356. The Kier molecular flexibility index (Phi) is 4.31. The maximum atomic E-state index is 12.9. The molecule has 7 heteroatoms. The maximum Gasteiger partial charge on any atom is 0.302 e. The van der Waals surface area contributed by atoms with Gasteiger partial charge in [0.25, 0.3) is 0 Å². The third-order valence-electron chi connectivity index (χ3n) is 5.16. The van der Waals surface area contributed by atoms with Gasteiger partial charge < -0.3 is 19.9 Å². The fourth-order valence-electron chi connectivity index (χ4n) is 4.00. The minimum Gasteiger partial charge on any atom is -0.460 e. The molecule has 0 aromatic carbocycles. The minimum atomic E-state index is -0.711. The van der Waals surface area contributed by atoms with Crippen LogP contribution in [0.2, 0.25) is 0 Å². The summed E-state index contributed by atoms with van der Waals surface area (Å²) in [5.41, 5.74) is -0.487. The summed E-state index contributed by atoms with van der Waals surface area (Å²) in [6.07, 6.45) is 3.13. The summed E-state index contributed by atoms with van der Waals surface area (Å²) in [5, 5.41) is 3.27. The molecule has 1 unspecified atom stereocenters. The number of carbonyl (C=O) groups is 3. The van der Waals surface area contributed by atoms with Crippen LogP contribution in [-0.4, -0.2) is 71.4 Å². The summed E-state index contributed by atoms with van der Waals surface area (Å²) in [4.78, 5) is 40.2. The van der Waals surface area contributed by atoms with E-state index in [9.17, 15) is 14.4 Å². The van der Waals surface area contributed by atoms with Crippen LogP contribution in [-0.2, 0) is 19.1 Å². The topological polar surface area (TPSA) is 79.0 Å². The number of carbonyl (C=O) groups excluding carboxylic acids is 3. The van der Waals surface area contributed by atoms with Gasteiger partial charge in [0, 0.05) is 26.6 Å². The largest absolute Gasteiger partial charge is 0.460 e. The molecule has 3 fully saturated rings. The van der Waals surface area contributed by atoms with Gasteiger partial charge in [-0.2, -0.15) is 0 Å². The molecule has 0 aromatic rings. The molecular weight excluding hydrogens is 298 g/mol. The average Bonchev–Trinajstić information content (AvgIpc) is 3.18. The summed E-state index contributed by atoms with van der Waals surface area (Å²) < 4.78 is 5.25. The number of ether oxygens (including phenoxy) is 1. The molecule has 0 radical (unpaired) electrons. The van der Waals surface area contributed by atoms with Crippen molar-refractivity contribution in [2.24, 2.45) is 0 Å². The molecule has 0 aliphatic carbocycles. The Morgan fingerprint density at radius 1 is 1.26 bits per heavy atom. The summed E-state index contributed by atoms with van der Waals surface area (Å²) in [6, 6.07) is -0.711. The van der Waals surface area contributed by atoms with Gasteiger partial charge in [-0.05, 0) is 39.2 Å². The van der Waals surface area contributed by atoms with Gasteiger partial charge in [-0.3, -0.25) is 14.4 Å². The van der Waals surface area contributed by atoms with Gasteiger partial charge in [0.2, 0.25) is 11.8 Å². The first-order valence-corrected chi connectivity index (χ1v) is 8.47. The van der Waals surface area contributed by atoms with Crippen LogP contribution < -0.4 is 5.32 Å². The zero-order valence-electron chi connectivity index (χ0n) is 13.8. The molecular formula is C16H25N3O4. The van der Waals surface area contributed by atoms with Gasteiger partial charge in [-0.15, -0.1) is 0 Å². The molecule has 2 amide bonds. The first-order valence-electron chi connectivity index (χ1n) is 8.47. The summed E-state index contributed by atoms with van der Waals surface area (Å²) >= 11 is 0. The van der Waals surface area contributed by atoms with Gasteiger partial charge in [-0.1, -0.05) is 0 Å². The molecule has 3 aliphatic rings. The van der Waals surface area contributed by atoms with Crippen LogP contribution in [0.5, 0.6) is 0 Å². The van der Waals surface area contributed by atoms with Crippen molar-refractivity contribution in [1.29, 1.82) is 0 Å². The third kappa shape index (κ3) is 2.82. The highest BCUT2D eigenvalue weighted by Crippen LogP contribution is 2.34. The smallest absolute Gasteiger partial charge is 0.302 e. The zero-order chi connectivity index (χ0) is 16.6. The molecule has 0 bridgehead atoms. The lowest BCUT2D eigenvalue weighted by Gasteiger charge is -2.51. The molecule has 3 saturated heterocycles. The molecule has 3 atom stereocenters. The predicted molar refractivity (Wildman–Crippen MR) is 82.5 cm³/mol. The fourth-order valence-corrected chi connectivity index (χ4v) is 4.00. The van der Waals surface area contributed by atoms with Crippen LogP contribution in [0, 0.1) is 0 Å². The Morgan fingerprint density at radius 3 is 2.48 bits per heavy atom. The zero-order valence-corrected chi connectivity index (χ0v) is 13.8. The van der Waals surface area contributed by atoms with Gasteiger partial charge in [0.15, 0.2) is 0 Å². The third-order valence-corrected chi connectivity index (χ3v) is 5.16. The number of amides is 2. The fraction of sp³-hybridized carbons (Fsp3) is 0.812. The molecule has 23 heavy (non-hydrogen) atoms. The lowest BCUT2D eigenvalue weighted by molar-refractivity contribution is -0.172. The molecule has 0 saturated carbocycles. The molecule has 1 N–H and O–H groups in total. The highest BCUT2D eigenvalue weighted by molar-refractivity contribution is 5.98. The lowest BCUT2D eigenvalue weighted by Crippen LogP contribution is -2.76. The van der Waals surface area contributed by atoms with E-state index in [4.69, 9.17) is 4.74 Å². The van der Waals surface area contributed by atoms with Crippen LogP contribution in [0.1, 0.15) is 39.5 Å². The molecule has 3 heterocycles. The van der Waals surface area contributed by atoms with Crippen LogP contribution in [0.15, 0.2) is 0 Å². The van der Waals surface area contributed by atoms with Crippen molar-refractivity contribution in [3.05, 3.63) is 0 Å². The normalized spacial score (nSPS) is 29.6. The van der Waals surface area contributed by atoms with E-state index < -0.39 is 23.7 Å². The van der Waals surface area contributed by atoms with E-state index in [1.54, 1.807) is 16.7 Å². The Balaban J connectivity index is 1.76. The van der Waals surface area contributed by atoms with Gasteiger partial charge >= 0.3 is 5.97 Å². The van der Waals surface area contributed by atoms with Crippen molar-refractivity contribution in [3.8, 4) is 0 Å². The average molecular weight is 323 g/mol. The van der Waals surface area contributed by atoms with Crippen molar-refractivity contribution in [2.45, 2.75) is 57.2 Å². The Bertz CT molecular complexity index is 509. The molecule has 3 rings (SSSR count). The van der Waals surface area contributed by atoms with E-state index in [2.05, 4.69) is 5.32 Å². The lowest BCUT2D eigenvalue weighted by atomic mass is 9.84. The summed E-state index contributed by atoms with van der Waals surface area (Å²) in [5.74, 6) is -0.567. The molecule has 7 nitrogen and oxygen atoms in total. The second-order valence-corrected chi connectivity index (χ2v) is 6.84.